The van der Waals surface area contributed by atoms with Crippen molar-refractivity contribution in [1.82, 2.24) is 0 Å². The molecule has 0 saturated carbocycles. The normalized spacial score (nSPS) is 12.0. The van der Waals surface area contributed by atoms with Gasteiger partial charge in [0.1, 0.15) is 0 Å². The van der Waals surface area contributed by atoms with E-state index in [-0.39, 0.29) is 5.41 Å². The van der Waals surface area contributed by atoms with Gasteiger partial charge < -0.3 is 10.5 Å². The van der Waals surface area contributed by atoms with Crippen LogP contribution in [0, 0.1) is 5.41 Å². The van der Waals surface area contributed by atoms with Crippen molar-refractivity contribution in [1.29, 1.82) is 0 Å². The summed E-state index contributed by atoms with van der Waals surface area (Å²) in [4.78, 5) is 0. The molecule has 0 aromatic carbocycles. The maximum absolute atomic E-state index is 5.79. The molecule has 0 radical (unpaired) electrons. The lowest BCUT2D eigenvalue weighted by molar-refractivity contribution is 0.0697. The maximum atomic E-state index is 5.79. The zero-order valence-electron chi connectivity index (χ0n) is 8.73. The summed E-state index contributed by atoms with van der Waals surface area (Å²) in [7, 11) is 1.76. The molecule has 0 bridgehead atoms. The standard InChI is InChI=1S/C10H23NO/c1-4-6-10(8-11,7-5-2)9-12-3/h4-9,11H2,1-3H3. The summed E-state index contributed by atoms with van der Waals surface area (Å²) < 4.78 is 5.22. The van der Waals surface area contributed by atoms with Gasteiger partial charge in [-0.25, -0.2) is 0 Å². The van der Waals surface area contributed by atoms with Gasteiger partial charge in [0, 0.05) is 19.1 Å². The third-order valence-corrected chi connectivity index (χ3v) is 2.44. The molecule has 0 aliphatic heterocycles. The van der Waals surface area contributed by atoms with E-state index < -0.39 is 0 Å². The number of ether oxygens (including phenoxy) is 1. The van der Waals surface area contributed by atoms with Crippen LogP contribution in [-0.4, -0.2) is 20.3 Å². The fourth-order valence-corrected chi connectivity index (χ4v) is 1.90. The van der Waals surface area contributed by atoms with Gasteiger partial charge in [-0.15, -0.1) is 0 Å². The van der Waals surface area contributed by atoms with E-state index in [0.29, 0.717) is 0 Å². The second-order valence-corrected chi connectivity index (χ2v) is 3.64. The van der Waals surface area contributed by atoms with Crippen LogP contribution in [0.15, 0.2) is 0 Å². The Morgan fingerprint density at radius 3 is 1.92 bits per heavy atom. The van der Waals surface area contributed by atoms with Gasteiger partial charge >= 0.3 is 0 Å². The van der Waals surface area contributed by atoms with E-state index >= 15 is 0 Å². The molecule has 0 aliphatic carbocycles. The Balaban J connectivity index is 4.06. The van der Waals surface area contributed by atoms with Crippen molar-refractivity contribution in [3.63, 3.8) is 0 Å². The highest BCUT2D eigenvalue weighted by Gasteiger charge is 2.26. The molecule has 0 aromatic heterocycles. The third-order valence-electron chi connectivity index (χ3n) is 2.44. The van der Waals surface area contributed by atoms with Crippen LogP contribution >= 0.6 is 0 Å². The first-order valence-corrected chi connectivity index (χ1v) is 4.93. The first-order valence-electron chi connectivity index (χ1n) is 4.93. The molecule has 0 saturated heterocycles. The van der Waals surface area contributed by atoms with Gasteiger partial charge in [0.15, 0.2) is 0 Å². The highest BCUT2D eigenvalue weighted by atomic mass is 16.5. The lowest BCUT2D eigenvalue weighted by atomic mass is 9.80. The minimum Gasteiger partial charge on any atom is -0.384 e. The van der Waals surface area contributed by atoms with E-state index in [0.717, 1.165) is 13.2 Å². The van der Waals surface area contributed by atoms with E-state index in [9.17, 15) is 0 Å². The van der Waals surface area contributed by atoms with Crippen LogP contribution in [0.3, 0.4) is 0 Å². The Morgan fingerprint density at radius 1 is 1.17 bits per heavy atom. The SMILES string of the molecule is CCCC(CN)(CCC)COC. The van der Waals surface area contributed by atoms with Crippen molar-refractivity contribution in [3.05, 3.63) is 0 Å². The van der Waals surface area contributed by atoms with E-state index in [1.807, 2.05) is 0 Å². The molecule has 0 aliphatic rings. The molecule has 2 N–H and O–H groups in total. The molecule has 74 valence electrons. The monoisotopic (exact) mass is 173 g/mol. The van der Waals surface area contributed by atoms with E-state index in [1.165, 1.54) is 25.7 Å². The van der Waals surface area contributed by atoms with Gasteiger partial charge in [-0.1, -0.05) is 26.7 Å². The average molecular weight is 173 g/mol. The molecule has 0 atom stereocenters. The van der Waals surface area contributed by atoms with Crippen molar-refractivity contribution in [2.75, 3.05) is 20.3 Å². The predicted octanol–water partition coefficient (Wildman–Crippen LogP) is 2.18. The van der Waals surface area contributed by atoms with Crippen molar-refractivity contribution < 1.29 is 4.74 Å². The van der Waals surface area contributed by atoms with Crippen LogP contribution in [0.2, 0.25) is 0 Å². The first-order chi connectivity index (χ1) is 5.74. The Kier molecular flexibility index (Phi) is 6.39. The van der Waals surface area contributed by atoms with E-state index in [2.05, 4.69) is 13.8 Å². The zero-order valence-corrected chi connectivity index (χ0v) is 8.73. The molecular weight excluding hydrogens is 150 g/mol. The first kappa shape index (κ1) is 11.9. The van der Waals surface area contributed by atoms with Gasteiger partial charge in [0.05, 0.1) is 6.61 Å². The average Bonchev–Trinajstić information content (AvgIpc) is 2.06. The molecule has 2 nitrogen and oxygen atoms in total. The summed E-state index contributed by atoms with van der Waals surface area (Å²) in [5, 5.41) is 0. The van der Waals surface area contributed by atoms with Crippen molar-refractivity contribution >= 4 is 0 Å². The van der Waals surface area contributed by atoms with Crippen LogP contribution in [0.4, 0.5) is 0 Å². The van der Waals surface area contributed by atoms with Crippen molar-refractivity contribution in [2.24, 2.45) is 11.1 Å². The molecule has 0 unspecified atom stereocenters. The highest BCUT2D eigenvalue weighted by molar-refractivity contribution is 4.79. The molecule has 0 aromatic rings. The molecule has 0 rings (SSSR count). The zero-order chi connectivity index (χ0) is 9.45. The lowest BCUT2D eigenvalue weighted by Gasteiger charge is -2.31. The summed E-state index contributed by atoms with van der Waals surface area (Å²) in [6.07, 6.45) is 4.76. The Hall–Kier alpha value is -0.0800. The Morgan fingerprint density at radius 2 is 1.67 bits per heavy atom. The third kappa shape index (κ3) is 3.55. The quantitative estimate of drug-likeness (QED) is 0.640. The van der Waals surface area contributed by atoms with Gasteiger partial charge in [0.25, 0.3) is 0 Å². The summed E-state index contributed by atoms with van der Waals surface area (Å²) in [5.74, 6) is 0. The summed E-state index contributed by atoms with van der Waals surface area (Å²) in [5.41, 5.74) is 6.03. The second kappa shape index (κ2) is 6.44. The summed E-state index contributed by atoms with van der Waals surface area (Å²) in [6.45, 7) is 5.97. The van der Waals surface area contributed by atoms with E-state index in [4.69, 9.17) is 10.5 Å². The topological polar surface area (TPSA) is 35.2 Å². The second-order valence-electron chi connectivity index (χ2n) is 3.64. The fourth-order valence-electron chi connectivity index (χ4n) is 1.90. The molecule has 2 heteroatoms. The maximum Gasteiger partial charge on any atom is 0.0530 e. The smallest absolute Gasteiger partial charge is 0.0530 e. The number of rotatable bonds is 7. The number of methoxy groups -OCH3 is 1. The van der Waals surface area contributed by atoms with Crippen LogP contribution in [0.5, 0.6) is 0 Å². The molecule has 0 amide bonds. The minimum atomic E-state index is 0.248. The predicted molar refractivity (Wildman–Crippen MR) is 53.2 cm³/mol. The molecular formula is C10H23NO. The highest BCUT2D eigenvalue weighted by Crippen LogP contribution is 2.28. The van der Waals surface area contributed by atoms with Crippen LogP contribution in [-0.2, 0) is 4.74 Å². The van der Waals surface area contributed by atoms with E-state index in [1.54, 1.807) is 7.11 Å². The largest absolute Gasteiger partial charge is 0.384 e. The van der Waals surface area contributed by atoms with Crippen LogP contribution < -0.4 is 5.73 Å². The lowest BCUT2D eigenvalue weighted by Crippen LogP contribution is -2.34. The number of nitrogens with two attached hydrogens (primary N) is 1. The molecule has 12 heavy (non-hydrogen) atoms. The fraction of sp³-hybridized carbons (Fsp3) is 1.00. The van der Waals surface area contributed by atoms with Crippen LogP contribution in [0.1, 0.15) is 39.5 Å². The van der Waals surface area contributed by atoms with Crippen LogP contribution in [0.25, 0.3) is 0 Å². The molecule has 0 spiro atoms. The Bertz CT molecular complexity index is 87.0. The van der Waals surface area contributed by atoms with Gasteiger partial charge in [-0.3, -0.25) is 0 Å². The molecule has 0 fully saturated rings. The summed E-state index contributed by atoms with van der Waals surface area (Å²) in [6, 6.07) is 0. The molecule has 0 heterocycles. The van der Waals surface area contributed by atoms with Crippen molar-refractivity contribution in [2.45, 2.75) is 39.5 Å². The Labute approximate surface area is 76.5 Å². The van der Waals surface area contributed by atoms with Gasteiger partial charge in [-0.2, -0.15) is 0 Å². The van der Waals surface area contributed by atoms with Gasteiger partial charge in [-0.05, 0) is 12.8 Å². The number of hydrogen-bond donors (Lipinski definition) is 1. The minimum absolute atomic E-state index is 0.248. The number of hydrogen-bond acceptors (Lipinski definition) is 2. The van der Waals surface area contributed by atoms with Gasteiger partial charge in [0.2, 0.25) is 0 Å². The van der Waals surface area contributed by atoms with Crippen molar-refractivity contribution in [3.8, 4) is 0 Å². The summed E-state index contributed by atoms with van der Waals surface area (Å²) >= 11 is 0.